The van der Waals surface area contributed by atoms with Gasteiger partial charge in [-0.1, -0.05) is 22.9 Å². The number of benzene rings is 1. The first-order valence-electron chi connectivity index (χ1n) is 9.39. The maximum absolute atomic E-state index is 12.5. The Hall–Kier alpha value is -2.16. The van der Waals surface area contributed by atoms with Crippen LogP contribution in [0.3, 0.4) is 0 Å². The van der Waals surface area contributed by atoms with Gasteiger partial charge in [-0.15, -0.1) is 17.5 Å². The van der Waals surface area contributed by atoms with Crippen LogP contribution in [-0.2, 0) is 22.6 Å². The molecule has 1 atom stereocenters. The Bertz CT molecular complexity index is 807. The number of aromatic nitrogens is 3. The second kappa shape index (κ2) is 9.36. The van der Waals surface area contributed by atoms with E-state index in [1.165, 1.54) is 0 Å². The Morgan fingerprint density at radius 1 is 1.29 bits per heavy atom. The summed E-state index contributed by atoms with van der Waals surface area (Å²) in [6.07, 6.45) is 2.61. The first-order valence-corrected chi connectivity index (χ1v) is 9.39. The molecular formula is C19H26ClN5O3. The lowest BCUT2D eigenvalue weighted by molar-refractivity contribution is -0.122. The fraction of sp³-hybridized carbons (Fsp3) is 0.526. The van der Waals surface area contributed by atoms with Crippen LogP contribution in [0.5, 0.6) is 5.75 Å². The van der Waals surface area contributed by atoms with E-state index in [1.54, 1.807) is 4.68 Å². The molecule has 3 heterocycles. The minimum Gasteiger partial charge on any atom is -0.493 e. The van der Waals surface area contributed by atoms with Crippen LogP contribution < -0.4 is 10.1 Å². The maximum Gasteiger partial charge on any atom is 0.242 e. The lowest BCUT2D eigenvalue weighted by atomic mass is 9.98. The van der Waals surface area contributed by atoms with Crippen molar-refractivity contribution in [3.63, 3.8) is 0 Å². The van der Waals surface area contributed by atoms with Crippen molar-refractivity contribution in [2.45, 2.75) is 32.5 Å². The summed E-state index contributed by atoms with van der Waals surface area (Å²) >= 11 is 0. The lowest BCUT2D eigenvalue weighted by Crippen LogP contribution is -2.35. The molecule has 4 rings (SSSR count). The van der Waals surface area contributed by atoms with E-state index in [2.05, 4.69) is 26.6 Å². The third-order valence-corrected chi connectivity index (χ3v) is 4.92. The van der Waals surface area contributed by atoms with Gasteiger partial charge >= 0.3 is 0 Å². The van der Waals surface area contributed by atoms with Crippen LogP contribution in [0.1, 0.15) is 29.3 Å². The molecule has 0 saturated carbocycles. The monoisotopic (exact) mass is 407 g/mol. The van der Waals surface area contributed by atoms with Crippen LogP contribution in [0.4, 0.5) is 0 Å². The zero-order valence-corrected chi connectivity index (χ0v) is 16.8. The van der Waals surface area contributed by atoms with E-state index in [0.717, 1.165) is 61.8 Å². The second-order valence-electron chi connectivity index (χ2n) is 7.09. The standard InChI is InChI=1S/C19H25N5O3.ClH/c1-14-2-3-18-16(10-14)17(4-7-27-18)20-19(25)13-24-12-15(21-22-24)11-23-5-8-26-9-6-23;/h2-3,10,12,17H,4-9,11,13H2,1H3,(H,20,25);1H. The highest BCUT2D eigenvalue weighted by molar-refractivity contribution is 5.85. The van der Waals surface area contributed by atoms with Gasteiger partial charge in [0.2, 0.25) is 5.91 Å². The Morgan fingerprint density at radius 3 is 2.93 bits per heavy atom. The molecular weight excluding hydrogens is 382 g/mol. The number of ether oxygens (including phenoxy) is 2. The highest BCUT2D eigenvalue weighted by Gasteiger charge is 2.23. The molecule has 8 nitrogen and oxygen atoms in total. The minimum atomic E-state index is -0.0721. The Morgan fingerprint density at radius 2 is 2.11 bits per heavy atom. The first-order chi connectivity index (χ1) is 13.2. The number of rotatable bonds is 5. The zero-order valence-electron chi connectivity index (χ0n) is 16.0. The minimum absolute atomic E-state index is 0. The Kier molecular flexibility index (Phi) is 6.88. The third kappa shape index (κ3) is 5.01. The fourth-order valence-corrected chi connectivity index (χ4v) is 3.53. The number of aryl methyl sites for hydroxylation is 1. The number of nitrogens with one attached hydrogen (secondary N) is 1. The number of halogens is 1. The van der Waals surface area contributed by atoms with Crippen molar-refractivity contribution in [3.8, 4) is 5.75 Å². The van der Waals surface area contributed by atoms with E-state index >= 15 is 0 Å². The number of nitrogens with zero attached hydrogens (tertiary/aromatic N) is 4. The average Bonchev–Trinajstić information content (AvgIpc) is 3.09. The van der Waals surface area contributed by atoms with Gasteiger partial charge in [-0.2, -0.15) is 0 Å². The number of fused-ring (bicyclic) bond motifs is 1. The molecule has 1 aromatic carbocycles. The zero-order chi connectivity index (χ0) is 18.6. The summed E-state index contributed by atoms with van der Waals surface area (Å²) < 4.78 is 12.6. The van der Waals surface area contributed by atoms with Gasteiger partial charge in [-0.25, -0.2) is 4.68 Å². The maximum atomic E-state index is 12.5. The van der Waals surface area contributed by atoms with Crippen LogP contribution in [0.15, 0.2) is 24.4 Å². The van der Waals surface area contributed by atoms with E-state index in [4.69, 9.17) is 9.47 Å². The lowest BCUT2D eigenvalue weighted by Gasteiger charge is -2.27. The van der Waals surface area contributed by atoms with Gasteiger partial charge in [-0.05, 0) is 13.0 Å². The van der Waals surface area contributed by atoms with Crippen LogP contribution in [-0.4, -0.2) is 58.7 Å². The molecule has 1 unspecified atom stereocenters. The predicted molar refractivity (Wildman–Crippen MR) is 106 cm³/mol. The molecule has 1 aromatic heterocycles. The Labute approximate surface area is 170 Å². The summed E-state index contributed by atoms with van der Waals surface area (Å²) in [7, 11) is 0. The fourth-order valence-electron chi connectivity index (χ4n) is 3.53. The average molecular weight is 408 g/mol. The molecule has 152 valence electrons. The van der Waals surface area contributed by atoms with Gasteiger partial charge in [0.15, 0.2) is 0 Å². The third-order valence-electron chi connectivity index (χ3n) is 4.92. The van der Waals surface area contributed by atoms with Gasteiger partial charge in [0, 0.05) is 31.6 Å². The van der Waals surface area contributed by atoms with Crippen LogP contribution in [0.25, 0.3) is 0 Å². The molecule has 0 bridgehead atoms. The SMILES string of the molecule is Cc1ccc2c(c1)C(NC(=O)Cn1cc(CN3CCOCC3)nn1)CCO2.Cl. The summed E-state index contributed by atoms with van der Waals surface area (Å²) in [6.45, 7) is 6.84. The molecule has 1 saturated heterocycles. The molecule has 28 heavy (non-hydrogen) atoms. The number of morpholine rings is 1. The van der Waals surface area contributed by atoms with E-state index < -0.39 is 0 Å². The molecule has 1 N–H and O–H groups in total. The molecule has 0 aliphatic carbocycles. The first kappa shape index (κ1) is 20.6. The number of carbonyl (C=O) groups excluding carboxylic acids is 1. The van der Waals surface area contributed by atoms with E-state index in [1.807, 2.05) is 25.3 Å². The summed E-state index contributed by atoms with van der Waals surface area (Å²) in [5, 5.41) is 11.4. The van der Waals surface area contributed by atoms with Gasteiger partial charge in [0.05, 0.1) is 37.8 Å². The molecule has 1 fully saturated rings. The van der Waals surface area contributed by atoms with E-state index in [-0.39, 0.29) is 30.9 Å². The number of hydrogen-bond donors (Lipinski definition) is 1. The molecule has 9 heteroatoms. The van der Waals surface area contributed by atoms with Gasteiger partial charge in [-0.3, -0.25) is 9.69 Å². The summed E-state index contributed by atoms with van der Waals surface area (Å²) in [5.41, 5.74) is 3.07. The molecule has 2 aliphatic heterocycles. The van der Waals surface area contributed by atoms with Gasteiger partial charge in [0.25, 0.3) is 0 Å². The van der Waals surface area contributed by atoms with Crippen molar-refractivity contribution >= 4 is 18.3 Å². The molecule has 1 amide bonds. The van der Waals surface area contributed by atoms with Crippen molar-refractivity contribution in [3.05, 3.63) is 41.2 Å². The smallest absolute Gasteiger partial charge is 0.242 e. The largest absolute Gasteiger partial charge is 0.493 e. The Balaban J connectivity index is 0.00000225. The van der Waals surface area contributed by atoms with Crippen molar-refractivity contribution in [1.82, 2.24) is 25.2 Å². The number of amides is 1. The quantitative estimate of drug-likeness (QED) is 0.808. The van der Waals surface area contributed by atoms with E-state index in [0.29, 0.717) is 6.61 Å². The van der Waals surface area contributed by atoms with Gasteiger partial charge < -0.3 is 14.8 Å². The number of carbonyl (C=O) groups is 1. The summed E-state index contributed by atoms with van der Waals surface area (Å²) in [5.74, 6) is 0.780. The number of hydrogen-bond acceptors (Lipinski definition) is 6. The van der Waals surface area contributed by atoms with Crippen LogP contribution in [0, 0.1) is 6.92 Å². The normalized spacial score (nSPS) is 19.2. The van der Waals surface area contributed by atoms with Crippen molar-refractivity contribution in [2.75, 3.05) is 32.9 Å². The van der Waals surface area contributed by atoms with Crippen molar-refractivity contribution < 1.29 is 14.3 Å². The molecule has 2 aliphatic rings. The molecule has 2 aromatic rings. The molecule has 0 radical (unpaired) electrons. The topological polar surface area (TPSA) is 81.5 Å². The van der Waals surface area contributed by atoms with Gasteiger partial charge in [0.1, 0.15) is 12.3 Å². The highest BCUT2D eigenvalue weighted by Crippen LogP contribution is 2.32. The van der Waals surface area contributed by atoms with Crippen molar-refractivity contribution in [2.24, 2.45) is 0 Å². The second-order valence-corrected chi connectivity index (χ2v) is 7.09. The summed E-state index contributed by atoms with van der Waals surface area (Å²) in [4.78, 5) is 14.8. The van der Waals surface area contributed by atoms with Crippen molar-refractivity contribution in [1.29, 1.82) is 0 Å². The van der Waals surface area contributed by atoms with Crippen LogP contribution >= 0.6 is 12.4 Å². The van der Waals surface area contributed by atoms with Crippen LogP contribution in [0.2, 0.25) is 0 Å². The predicted octanol–water partition coefficient (Wildman–Crippen LogP) is 1.48. The van der Waals surface area contributed by atoms with E-state index in [9.17, 15) is 4.79 Å². The summed E-state index contributed by atoms with van der Waals surface area (Å²) in [6, 6.07) is 6.04. The highest BCUT2D eigenvalue weighted by atomic mass is 35.5. The molecule has 0 spiro atoms.